The van der Waals surface area contributed by atoms with E-state index >= 15 is 0 Å². The minimum absolute atomic E-state index is 0.0806. The Morgan fingerprint density at radius 2 is 2.00 bits per heavy atom. The number of nitrogens with zero attached hydrogens (tertiary/aromatic N) is 1. The average molecular weight is 459 g/mol. The summed E-state index contributed by atoms with van der Waals surface area (Å²) in [6.45, 7) is 2.04. The van der Waals surface area contributed by atoms with Gasteiger partial charge in [-0.15, -0.1) is 0 Å². The van der Waals surface area contributed by atoms with Gasteiger partial charge in [-0.25, -0.2) is 4.39 Å². The number of amides is 1. The zero-order valence-corrected chi connectivity index (χ0v) is 18.5. The molecule has 1 atom stereocenters. The van der Waals surface area contributed by atoms with Gasteiger partial charge in [0.1, 0.15) is 18.1 Å². The lowest BCUT2D eigenvalue weighted by Crippen LogP contribution is -2.41. The zero-order chi connectivity index (χ0) is 22.7. The molecule has 32 heavy (non-hydrogen) atoms. The molecule has 168 valence electrons. The Labute approximate surface area is 190 Å². The normalized spacial score (nSPS) is 15.3. The SMILES string of the molecule is CCOC(=O)Cn1c2c(c3cc(F)ccc31)C[C@H](NC(=O)COc1ccc(Cl)cc1)CC2. The quantitative estimate of drug-likeness (QED) is 0.542. The molecule has 1 aliphatic rings. The molecule has 0 spiro atoms. The van der Waals surface area contributed by atoms with Crippen LogP contribution < -0.4 is 10.1 Å². The Hall–Kier alpha value is -3.06. The van der Waals surface area contributed by atoms with Gasteiger partial charge < -0.3 is 19.4 Å². The maximum Gasteiger partial charge on any atom is 0.325 e. The number of benzene rings is 2. The van der Waals surface area contributed by atoms with Crippen molar-refractivity contribution in [3.05, 3.63) is 64.6 Å². The van der Waals surface area contributed by atoms with Crippen LogP contribution in [0.1, 0.15) is 24.6 Å². The van der Waals surface area contributed by atoms with Gasteiger partial charge in [-0.1, -0.05) is 11.6 Å². The van der Waals surface area contributed by atoms with Crippen molar-refractivity contribution in [1.29, 1.82) is 0 Å². The van der Waals surface area contributed by atoms with Crippen LogP contribution in [0.25, 0.3) is 10.9 Å². The van der Waals surface area contributed by atoms with Crippen molar-refractivity contribution in [2.75, 3.05) is 13.2 Å². The molecule has 0 bridgehead atoms. The monoisotopic (exact) mass is 458 g/mol. The first-order valence-electron chi connectivity index (χ1n) is 10.6. The molecular weight excluding hydrogens is 435 g/mol. The van der Waals surface area contributed by atoms with Crippen LogP contribution in [0.5, 0.6) is 5.75 Å². The third kappa shape index (κ3) is 4.88. The molecule has 0 radical (unpaired) electrons. The highest BCUT2D eigenvalue weighted by Gasteiger charge is 2.27. The van der Waals surface area contributed by atoms with Crippen LogP contribution in [0.4, 0.5) is 4.39 Å². The number of nitrogens with one attached hydrogen (secondary N) is 1. The molecule has 0 unspecified atom stereocenters. The highest BCUT2D eigenvalue weighted by atomic mass is 35.5. The Bertz CT molecular complexity index is 1140. The van der Waals surface area contributed by atoms with E-state index in [2.05, 4.69) is 5.32 Å². The molecule has 0 saturated carbocycles. The Balaban J connectivity index is 1.48. The number of hydrogen-bond acceptors (Lipinski definition) is 4. The fraction of sp³-hybridized carbons (Fsp3) is 0.333. The van der Waals surface area contributed by atoms with E-state index in [1.165, 1.54) is 12.1 Å². The van der Waals surface area contributed by atoms with E-state index in [1.54, 1.807) is 37.3 Å². The maximum atomic E-state index is 14.0. The summed E-state index contributed by atoms with van der Waals surface area (Å²) in [6.07, 6.45) is 1.92. The van der Waals surface area contributed by atoms with Crippen LogP contribution in [0, 0.1) is 5.82 Å². The summed E-state index contributed by atoms with van der Waals surface area (Å²) in [5.74, 6) is -0.328. The standard InChI is InChI=1S/C24H24ClFN2O4/c1-2-31-24(30)13-28-21-9-5-16(26)11-19(21)20-12-17(6-10-22(20)28)27-23(29)14-32-18-7-3-15(25)4-8-18/h3-5,7-9,11,17H,2,6,10,12-14H2,1H3,(H,27,29)/t17-/m1/s1. The first-order chi connectivity index (χ1) is 15.4. The van der Waals surface area contributed by atoms with E-state index in [1.807, 2.05) is 4.57 Å². The van der Waals surface area contributed by atoms with E-state index in [0.29, 0.717) is 36.6 Å². The van der Waals surface area contributed by atoms with Crippen LogP contribution in [0.3, 0.4) is 0 Å². The summed E-state index contributed by atoms with van der Waals surface area (Å²) >= 11 is 5.86. The maximum absolute atomic E-state index is 14.0. The fourth-order valence-corrected chi connectivity index (χ4v) is 4.34. The van der Waals surface area contributed by atoms with Gasteiger partial charge in [0, 0.05) is 27.7 Å². The number of hydrogen-bond donors (Lipinski definition) is 1. The number of esters is 1. The van der Waals surface area contributed by atoms with Gasteiger partial charge in [-0.3, -0.25) is 9.59 Å². The summed E-state index contributed by atoms with van der Waals surface area (Å²) < 4.78 is 26.5. The number of fused-ring (bicyclic) bond motifs is 3. The molecule has 1 amide bonds. The molecule has 6 nitrogen and oxygen atoms in total. The average Bonchev–Trinajstić information content (AvgIpc) is 3.06. The second kappa shape index (κ2) is 9.61. The van der Waals surface area contributed by atoms with Crippen LogP contribution in [0.15, 0.2) is 42.5 Å². The Morgan fingerprint density at radius 1 is 1.22 bits per heavy atom. The van der Waals surface area contributed by atoms with E-state index in [9.17, 15) is 14.0 Å². The number of carbonyl (C=O) groups is 2. The summed E-state index contributed by atoms with van der Waals surface area (Å²) in [5, 5.41) is 4.37. The number of halogens is 2. The van der Waals surface area contributed by atoms with Crippen molar-refractivity contribution in [2.24, 2.45) is 0 Å². The summed E-state index contributed by atoms with van der Waals surface area (Å²) in [7, 11) is 0. The fourth-order valence-electron chi connectivity index (χ4n) is 4.21. The molecule has 1 aliphatic carbocycles. The van der Waals surface area contributed by atoms with Crippen molar-refractivity contribution < 1.29 is 23.5 Å². The lowest BCUT2D eigenvalue weighted by molar-refractivity contribution is -0.143. The Morgan fingerprint density at radius 3 is 2.75 bits per heavy atom. The van der Waals surface area contributed by atoms with Gasteiger partial charge in [0.05, 0.1) is 6.61 Å². The van der Waals surface area contributed by atoms with Crippen molar-refractivity contribution in [3.63, 3.8) is 0 Å². The topological polar surface area (TPSA) is 69.6 Å². The molecular formula is C24H24ClFN2O4. The minimum Gasteiger partial charge on any atom is -0.484 e. The second-order valence-electron chi connectivity index (χ2n) is 7.73. The van der Waals surface area contributed by atoms with Gasteiger partial charge in [-0.2, -0.15) is 0 Å². The number of aromatic nitrogens is 1. The van der Waals surface area contributed by atoms with Crippen LogP contribution in [0.2, 0.25) is 5.02 Å². The molecule has 4 rings (SSSR count). The van der Waals surface area contributed by atoms with E-state index in [4.69, 9.17) is 21.1 Å². The largest absolute Gasteiger partial charge is 0.484 e. The summed E-state index contributed by atoms with van der Waals surface area (Å²) in [4.78, 5) is 24.5. The number of carbonyl (C=O) groups excluding carboxylic acids is 2. The van der Waals surface area contributed by atoms with Crippen LogP contribution in [-0.2, 0) is 33.7 Å². The van der Waals surface area contributed by atoms with Gasteiger partial charge in [0.25, 0.3) is 5.91 Å². The molecule has 0 aliphatic heterocycles. The molecule has 1 N–H and O–H groups in total. The van der Waals surface area contributed by atoms with Crippen molar-refractivity contribution in [3.8, 4) is 5.75 Å². The second-order valence-corrected chi connectivity index (χ2v) is 8.16. The van der Waals surface area contributed by atoms with Crippen molar-refractivity contribution in [2.45, 2.75) is 38.8 Å². The molecule has 8 heteroatoms. The number of rotatable bonds is 7. The highest BCUT2D eigenvalue weighted by Crippen LogP contribution is 2.33. The van der Waals surface area contributed by atoms with Crippen molar-refractivity contribution >= 4 is 34.4 Å². The highest BCUT2D eigenvalue weighted by molar-refractivity contribution is 6.30. The molecule has 1 heterocycles. The molecule has 1 aromatic heterocycles. The zero-order valence-electron chi connectivity index (χ0n) is 17.7. The molecule has 2 aromatic carbocycles. The number of ether oxygens (including phenoxy) is 2. The lowest BCUT2D eigenvalue weighted by Gasteiger charge is -2.25. The molecule has 3 aromatic rings. The first kappa shape index (κ1) is 22.1. The van der Waals surface area contributed by atoms with Gasteiger partial charge in [-0.05, 0) is 74.2 Å². The van der Waals surface area contributed by atoms with E-state index in [-0.39, 0.29) is 36.9 Å². The third-order valence-electron chi connectivity index (χ3n) is 5.57. The smallest absolute Gasteiger partial charge is 0.325 e. The third-order valence-corrected chi connectivity index (χ3v) is 5.82. The molecule has 0 saturated heterocycles. The van der Waals surface area contributed by atoms with Crippen molar-refractivity contribution in [1.82, 2.24) is 9.88 Å². The lowest BCUT2D eigenvalue weighted by atomic mass is 9.91. The van der Waals surface area contributed by atoms with E-state index in [0.717, 1.165) is 22.2 Å². The van der Waals surface area contributed by atoms with Gasteiger partial charge in [0.2, 0.25) is 0 Å². The van der Waals surface area contributed by atoms with E-state index < -0.39 is 0 Å². The molecule has 0 fully saturated rings. The predicted molar refractivity (Wildman–Crippen MR) is 119 cm³/mol. The van der Waals surface area contributed by atoms with Crippen LogP contribution in [-0.4, -0.2) is 35.7 Å². The summed E-state index contributed by atoms with van der Waals surface area (Å²) in [6, 6.07) is 11.3. The van der Waals surface area contributed by atoms with Gasteiger partial charge >= 0.3 is 5.97 Å². The predicted octanol–water partition coefficient (Wildman–Crippen LogP) is 4.05. The summed E-state index contributed by atoms with van der Waals surface area (Å²) in [5.41, 5.74) is 2.74. The Kier molecular flexibility index (Phi) is 6.65. The minimum atomic E-state index is -0.337. The van der Waals surface area contributed by atoms with Gasteiger partial charge in [0.15, 0.2) is 6.61 Å². The first-order valence-corrected chi connectivity index (χ1v) is 10.9. The van der Waals surface area contributed by atoms with Crippen LogP contribution >= 0.6 is 11.6 Å².